The second kappa shape index (κ2) is 8.19. The second-order valence-electron chi connectivity index (χ2n) is 6.69. The Morgan fingerprint density at radius 3 is 2.46 bits per heavy atom. The first-order valence-electron chi connectivity index (χ1n) is 8.76. The molecule has 5 nitrogen and oxygen atoms in total. The van der Waals surface area contributed by atoms with E-state index in [9.17, 15) is 14.3 Å². The summed E-state index contributed by atoms with van der Waals surface area (Å²) < 4.78 is 13.3. The molecule has 1 fully saturated rings. The molecule has 1 aliphatic heterocycles. The third-order valence-electron chi connectivity index (χ3n) is 4.59. The van der Waals surface area contributed by atoms with Crippen LogP contribution in [0.15, 0.2) is 48.5 Å². The minimum absolute atomic E-state index is 0.0919. The zero-order valence-electron chi connectivity index (χ0n) is 14.9. The van der Waals surface area contributed by atoms with E-state index in [-0.39, 0.29) is 17.5 Å². The average Bonchev–Trinajstić information content (AvgIpc) is 2.62. The van der Waals surface area contributed by atoms with E-state index in [1.165, 1.54) is 12.1 Å². The Labute approximate surface area is 153 Å². The van der Waals surface area contributed by atoms with E-state index < -0.39 is 0 Å². The lowest BCUT2D eigenvalue weighted by atomic mass is 10.2. The molecule has 2 aromatic carbocycles. The molecule has 3 rings (SSSR count). The smallest absolute Gasteiger partial charge is 0.236 e. The molecule has 0 unspecified atom stereocenters. The van der Waals surface area contributed by atoms with E-state index in [0.717, 1.165) is 24.3 Å². The molecule has 0 saturated carbocycles. The molecule has 1 amide bonds. The lowest BCUT2D eigenvalue weighted by molar-refractivity contribution is -0.132. The molecule has 0 radical (unpaired) electrons. The fourth-order valence-electron chi connectivity index (χ4n) is 3.21. The predicted octanol–water partition coefficient (Wildman–Crippen LogP) is 2.31. The van der Waals surface area contributed by atoms with Gasteiger partial charge in [-0.2, -0.15) is 0 Å². The topological polar surface area (TPSA) is 47.0 Å². The van der Waals surface area contributed by atoms with Crippen LogP contribution in [-0.2, 0) is 11.3 Å². The van der Waals surface area contributed by atoms with Crippen molar-refractivity contribution in [3.05, 3.63) is 59.9 Å². The number of amides is 1. The van der Waals surface area contributed by atoms with Gasteiger partial charge in [-0.05, 0) is 49.0 Å². The van der Waals surface area contributed by atoms with Gasteiger partial charge in [0.15, 0.2) is 0 Å². The first-order chi connectivity index (χ1) is 12.5. The van der Waals surface area contributed by atoms with Crippen molar-refractivity contribution >= 4 is 11.6 Å². The Hall–Kier alpha value is -2.60. The van der Waals surface area contributed by atoms with Crippen LogP contribution >= 0.6 is 0 Å². The van der Waals surface area contributed by atoms with Gasteiger partial charge in [-0.1, -0.05) is 12.1 Å². The molecule has 1 N–H and O–H groups in total. The van der Waals surface area contributed by atoms with Crippen LogP contribution in [0.2, 0.25) is 0 Å². The van der Waals surface area contributed by atoms with Gasteiger partial charge in [-0.15, -0.1) is 0 Å². The van der Waals surface area contributed by atoms with Crippen LogP contribution < -0.4 is 4.90 Å². The molecule has 0 aromatic heterocycles. The number of carbonyl (C=O) groups is 1. The summed E-state index contributed by atoms with van der Waals surface area (Å²) in [5.74, 6) is 0.0886. The van der Waals surface area contributed by atoms with Crippen LogP contribution in [0.5, 0.6) is 5.75 Å². The Kier molecular flexibility index (Phi) is 5.73. The maximum Gasteiger partial charge on any atom is 0.236 e. The van der Waals surface area contributed by atoms with E-state index in [2.05, 4.69) is 4.90 Å². The van der Waals surface area contributed by atoms with Crippen molar-refractivity contribution in [1.82, 2.24) is 9.80 Å². The summed E-state index contributed by atoms with van der Waals surface area (Å²) in [5, 5.41) is 9.38. The Balaban J connectivity index is 1.48. The number of nitrogens with zero attached hydrogens (tertiary/aromatic N) is 3. The molecule has 138 valence electrons. The number of likely N-dealkylation sites (N-methyl/N-ethyl adjacent to an activating group) is 1. The van der Waals surface area contributed by atoms with E-state index in [4.69, 9.17) is 0 Å². The zero-order chi connectivity index (χ0) is 18.5. The first kappa shape index (κ1) is 18.2. The average molecular weight is 357 g/mol. The third kappa shape index (κ3) is 4.73. The summed E-state index contributed by atoms with van der Waals surface area (Å²) in [7, 11) is 1.87. The molecule has 26 heavy (non-hydrogen) atoms. The maximum absolute atomic E-state index is 13.3. The van der Waals surface area contributed by atoms with Crippen LogP contribution in [0.25, 0.3) is 0 Å². The van der Waals surface area contributed by atoms with Crippen LogP contribution in [0.3, 0.4) is 0 Å². The minimum atomic E-state index is -0.257. The largest absolute Gasteiger partial charge is 0.508 e. The SMILES string of the molecule is CN(CC(=O)N1CCN(c2ccc(O)cc2)CC1)Cc1cccc(F)c1. The summed E-state index contributed by atoms with van der Waals surface area (Å²) >= 11 is 0. The Bertz CT molecular complexity index is 743. The summed E-state index contributed by atoms with van der Waals surface area (Å²) in [4.78, 5) is 18.5. The van der Waals surface area contributed by atoms with Crippen molar-refractivity contribution < 1.29 is 14.3 Å². The zero-order valence-corrected chi connectivity index (χ0v) is 14.9. The predicted molar refractivity (Wildman–Crippen MR) is 99.6 cm³/mol. The normalized spacial score (nSPS) is 14.7. The monoisotopic (exact) mass is 357 g/mol. The number of carbonyl (C=O) groups excluding carboxylic acids is 1. The molecule has 0 aliphatic carbocycles. The fraction of sp³-hybridized carbons (Fsp3) is 0.350. The summed E-state index contributed by atoms with van der Waals surface area (Å²) in [6.07, 6.45) is 0. The number of phenols is 1. The molecule has 1 saturated heterocycles. The highest BCUT2D eigenvalue weighted by molar-refractivity contribution is 5.78. The quantitative estimate of drug-likeness (QED) is 0.892. The van der Waals surface area contributed by atoms with Crippen molar-refractivity contribution in [2.75, 3.05) is 44.7 Å². The summed E-state index contributed by atoms with van der Waals surface area (Å²) in [5.41, 5.74) is 1.91. The van der Waals surface area contributed by atoms with Crippen LogP contribution in [-0.4, -0.2) is 60.6 Å². The van der Waals surface area contributed by atoms with Crippen molar-refractivity contribution in [2.45, 2.75) is 6.54 Å². The van der Waals surface area contributed by atoms with Gasteiger partial charge in [0, 0.05) is 38.4 Å². The van der Waals surface area contributed by atoms with E-state index in [1.807, 2.05) is 35.0 Å². The van der Waals surface area contributed by atoms with Crippen molar-refractivity contribution in [3.63, 3.8) is 0 Å². The number of rotatable bonds is 5. The third-order valence-corrected chi connectivity index (χ3v) is 4.59. The first-order valence-corrected chi connectivity index (χ1v) is 8.76. The lowest BCUT2D eigenvalue weighted by Crippen LogP contribution is -2.51. The van der Waals surface area contributed by atoms with Gasteiger partial charge < -0.3 is 14.9 Å². The van der Waals surface area contributed by atoms with Crippen molar-refractivity contribution in [2.24, 2.45) is 0 Å². The fourth-order valence-corrected chi connectivity index (χ4v) is 3.21. The highest BCUT2D eigenvalue weighted by Gasteiger charge is 2.22. The maximum atomic E-state index is 13.3. The number of anilines is 1. The lowest BCUT2D eigenvalue weighted by Gasteiger charge is -2.36. The second-order valence-corrected chi connectivity index (χ2v) is 6.69. The van der Waals surface area contributed by atoms with Crippen LogP contribution in [0, 0.1) is 5.82 Å². The number of phenolic OH excluding ortho intramolecular Hbond substituents is 1. The van der Waals surface area contributed by atoms with Gasteiger partial charge in [-0.3, -0.25) is 9.69 Å². The molecular weight excluding hydrogens is 333 g/mol. The van der Waals surface area contributed by atoms with Gasteiger partial charge >= 0.3 is 0 Å². The van der Waals surface area contributed by atoms with Gasteiger partial charge in [0.2, 0.25) is 5.91 Å². The minimum Gasteiger partial charge on any atom is -0.508 e. The highest BCUT2D eigenvalue weighted by Crippen LogP contribution is 2.20. The summed E-state index contributed by atoms with van der Waals surface area (Å²) in [6.45, 7) is 3.74. The van der Waals surface area contributed by atoms with Gasteiger partial charge in [0.1, 0.15) is 11.6 Å². The number of halogens is 1. The molecule has 1 heterocycles. The van der Waals surface area contributed by atoms with Crippen LogP contribution in [0.4, 0.5) is 10.1 Å². The summed E-state index contributed by atoms with van der Waals surface area (Å²) in [6, 6.07) is 13.6. The van der Waals surface area contributed by atoms with Crippen molar-refractivity contribution in [3.8, 4) is 5.75 Å². The number of aromatic hydroxyl groups is 1. The van der Waals surface area contributed by atoms with Gasteiger partial charge in [0.05, 0.1) is 6.54 Å². The van der Waals surface area contributed by atoms with Crippen LogP contribution in [0.1, 0.15) is 5.56 Å². The number of benzene rings is 2. The van der Waals surface area contributed by atoms with Crippen molar-refractivity contribution in [1.29, 1.82) is 0 Å². The molecule has 0 bridgehead atoms. The Morgan fingerprint density at radius 1 is 1.12 bits per heavy atom. The molecular formula is C20H24FN3O2. The Morgan fingerprint density at radius 2 is 1.81 bits per heavy atom. The molecule has 0 atom stereocenters. The van der Waals surface area contributed by atoms with E-state index in [1.54, 1.807) is 18.2 Å². The molecule has 6 heteroatoms. The van der Waals surface area contributed by atoms with E-state index >= 15 is 0 Å². The number of piperazine rings is 1. The standard InChI is InChI=1S/C20H24FN3O2/c1-22(14-16-3-2-4-17(21)13-16)15-20(26)24-11-9-23(10-12-24)18-5-7-19(25)8-6-18/h2-8,13,25H,9-12,14-15H2,1H3. The van der Waals surface area contributed by atoms with Gasteiger partial charge in [0.25, 0.3) is 0 Å². The highest BCUT2D eigenvalue weighted by atomic mass is 19.1. The number of hydrogen-bond donors (Lipinski definition) is 1. The molecule has 0 spiro atoms. The molecule has 2 aromatic rings. The van der Waals surface area contributed by atoms with E-state index in [0.29, 0.717) is 26.2 Å². The van der Waals surface area contributed by atoms with Gasteiger partial charge in [-0.25, -0.2) is 4.39 Å². The number of hydrogen-bond acceptors (Lipinski definition) is 4. The molecule has 1 aliphatic rings.